The van der Waals surface area contributed by atoms with Gasteiger partial charge in [0, 0.05) is 28.0 Å². The number of hydrogen-bond donors (Lipinski definition) is 1. The third kappa shape index (κ3) is 5.03. The zero-order valence-corrected chi connectivity index (χ0v) is 18.5. The Bertz CT molecular complexity index is 1220. The molecule has 0 saturated carbocycles. The largest absolute Gasteiger partial charge is 0.305 e. The van der Waals surface area contributed by atoms with Crippen LogP contribution >= 0.6 is 11.6 Å². The van der Waals surface area contributed by atoms with Crippen LogP contribution in [0.5, 0.6) is 0 Å². The molecular weight excluding hydrogens is 410 g/mol. The van der Waals surface area contributed by atoms with E-state index in [1.807, 2.05) is 84.7 Å². The lowest BCUT2D eigenvalue weighted by molar-refractivity contribution is 0.102. The molecule has 158 valence electrons. The summed E-state index contributed by atoms with van der Waals surface area (Å²) in [6.07, 6.45) is 0. The Hall–Kier alpha value is -3.38. The molecule has 1 amide bonds. The van der Waals surface area contributed by atoms with E-state index in [0.29, 0.717) is 29.5 Å². The molecule has 0 unspecified atom stereocenters. The van der Waals surface area contributed by atoms with Crippen molar-refractivity contribution in [2.45, 2.75) is 33.9 Å². The Morgan fingerprint density at radius 2 is 1.55 bits per heavy atom. The summed E-state index contributed by atoms with van der Waals surface area (Å²) in [5.41, 5.74) is 5.73. The lowest BCUT2D eigenvalue weighted by Crippen LogP contribution is -2.14. The van der Waals surface area contributed by atoms with Crippen LogP contribution in [0.15, 0.2) is 60.7 Å². The van der Waals surface area contributed by atoms with Crippen LogP contribution in [0.3, 0.4) is 0 Å². The van der Waals surface area contributed by atoms with Crippen molar-refractivity contribution in [1.82, 2.24) is 19.6 Å². The van der Waals surface area contributed by atoms with Crippen molar-refractivity contribution >= 4 is 23.3 Å². The zero-order chi connectivity index (χ0) is 22.0. The average molecular weight is 434 g/mol. The van der Waals surface area contributed by atoms with Gasteiger partial charge in [-0.2, -0.15) is 10.2 Å². The molecule has 0 bridgehead atoms. The summed E-state index contributed by atoms with van der Waals surface area (Å²) in [7, 11) is 0. The first-order valence-electron chi connectivity index (χ1n) is 10.1. The van der Waals surface area contributed by atoms with E-state index in [4.69, 9.17) is 11.6 Å². The maximum Gasteiger partial charge on any atom is 0.256 e. The lowest BCUT2D eigenvalue weighted by Gasteiger charge is -2.07. The molecule has 2 aromatic carbocycles. The summed E-state index contributed by atoms with van der Waals surface area (Å²) in [4.78, 5) is 12.8. The van der Waals surface area contributed by atoms with Gasteiger partial charge in [0.05, 0.1) is 18.8 Å². The van der Waals surface area contributed by atoms with E-state index < -0.39 is 0 Å². The second kappa shape index (κ2) is 8.78. The highest BCUT2D eigenvalue weighted by atomic mass is 35.5. The number of aromatic nitrogens is 4. The van der Waals surface area contributed by atoms with Crippen molar-refractivity contribution in [3.63, 3.8) is 0 Å². The molecular formula is C24H24ClN5O. The Kier molecular flexibility index (Phi) is 5.91. The van der Waals surface area contributed by atoms with Crippen LogP contribution in [-0.4, -0.2) is 25.5 Å². The normalized spacial score (nSPS) is 11.0. The van der Waals surface area contributed by atoms with E-state index >= 15 is 0 Å². The average Bonchev–Trinajstić information content (AvgIpc) is 3.24. The molecule has 4 rings (SSSR count). The summed E-state index contributed by atoms with van der Waals surface area (Å²) in [5, 5.41) is 12.6. The van der Waals surface area contributed by atoms with E-state index in [1.54, 1.807) is 6.07 Å². The monoisotopic (exact) mass is 433 g/mol. The van der Waals surface area contributed by atoms with Crippen LogP contribution in [0.2, 0.25) is 5.02 Å². The summed E-state index contributed by atoms with van der Waals surface area (Å²) in [6.45, 7) is 7.20. The Balaban J connectivity index is 1.46. The minimum absolute atomic E-state index is 0.189. The maximum absolute atomic E-state index is 12.8. The molecule has 6 nitrogen and oxygen atoms in total. The number of carbonyl (C=O) groups is 1. The molecule has 1 N–H and O–H groups in total. The van der Waals surface area contributed by atoms with Crippen LogP contribution in [0.4, 0.5) is 5.82 Å². The second-order valence-corrected chi connectivity index (χ2v) is 8.13. The zero-order valence-electron chi connectivity index (χ0n) is 17.8. The first kappa shape index (κ1) is 20.9. The van der Waals surface area contributed by atoms with Gasteiger partial charge in [-0.15, -0.1) is 0 Å². The Labute approximate surface area is 186 Å². The van der Waals surface area contributed by atoms with E-state index in [1.165, 1.54) is 0 Å². The van der Waals surface area contributed by atoms with Crippen LogP contribution < -0.4 is 5.32 Å². The number of carbonyl (C=O) groups excluding carboxylic acids is 1. The van der Waals surface area contributed by atoms with Gasteiger partial charge in [-0.05, 0) is 62.2 Å². The number of hydrogen-bond acceptors (Lipinski definition) is 3. The summed E-state index contributed by atoms with van der Waals surface area (Å²) < 4.78 is 3.80. The quantitative estimate of drug-likeness (QED) is 0.465. The third-order valence-electron chi connectivity index (χ3n) is 5.09. The van der Waals surface area contributed by atoms with Crippen molar-refractivity contribution in [2.24, 2.45) is 0 Å². The van der Waals surface area contributed by atoms with Crippen molar-refractivity contribution in [2.75, 3.05) is 5.32 Å². The molecule has 7 heteroatoms. The van der Waals surface area contributed by atoms with E-state index in [0.717, 1.165) is 28.2 Å². The predicted octanol–water partition coefficient (Wildman–Crippen LogP) is 5.01. The smallest absolute Gasteiger partial charge is 0.256 e. The van der Waals surface area contributed by atoms with Gasteiger partial charge < -0.3 is 5.32 Å². The summed E-state index contributed by atoms with van der Waals surface area (Å²) >= 11 is 5.96. The molecule has 0 saturated heterocycles. The minimum atomic E-state index is -0.189. The third-order valence-corrected chi connectivity index (χ3v) is 5.35. The van der Waals surface area contributed by atoms with Crippen molar-refractivity contribution in [1.29, 1.82) is 0 Å². The fourth-order valence-electron chi connectivity index (χ4n) is 3.50. The molecule has 31 heavy (non-hydrogen) atoms. The molecule has 4 aromatic rings. The highest BCUT2D eigenvalue weighted by molar-refractivity contribution is 6.30. The number of rotatable bonds is 6. The van der Waals surface area contributed by atoms with Crippen LogP contribution in [0.25, 0.3) is 0 Å². The second-order valence-electron chi connectivity index (χ2n) is 7.69. The van der Waals surface area contributed by atoms with Gasteiger partial charge in [-0.1, -0.05) is 35.9 Å². The van der Waals surface area contributed by atoms with Gasteiger partial charge in [0.1, 0.15) is 0 Å². The molecule has 2 heterocycles. The Morgan fingerprint density at radius 1 is 0.871 bits per heavy atom. The molecule has 0 aliphatic carbocycles. The number of anilines is 1. The SMILES string of the molecule is Cc1cc(C)n(Cc2cccc(C(=O)Nc3cc(C)n(Cc4ccc(Cl)cc4)n3)c2)n1. The van der Waals surface area contributed by atoms with Gasteiger partial charge in [-0.25, -0.2) is 0 Å². The molecule has 0 spiro atoms. The lowest BCUT2D eigenvalue weighted by atomic mass is 10.1. The topological polar surface area (TPSA) is 64.7 Å². The van der Waals surface area contributed by atoms with Gasteiger partial charge in [0.15, 0.2) is 5.82 Å². The molecule has 0 aliphatic rings. The first-order valence-corrected chi connectivity index (χ1v) is 10.5. The number of benzene rings is 2. The van der Waals surface area contributed by atoms with Crippen LogP contribution in [0, 0.1) is 20.8 Å². The van der Waals surface area contributed by atoms with E-state index in [-0.39, 0.29) is 5.91 Å². The van der Waals surface area contributed by atoms with Crippen molar-refractivity contribution in [3.05, 3.63) is 99.5 Å². The molecule has 0 atom stereocenters. The standard InChI is InChI=1S/C24H24ClN5O/c1-16-11-17(2)29(27-16)15-20-5-4-6-21(13-20)24(31)26-23-12-18(3)30(28-23)14-19-7-9-22(25)10-8-19/h4-13H,14-15H2,1-3H3,(H,26,28,31). The van der Waals surface area contributed by atoms with Gasteiger partial charge in [-0.3, -0.25) is 14.2 Å². The summed E-state index contributed by atoms with van der Waals surface area (Å²) in [6, 6.07) is 19.1. The number of nitrogens with zero attached hydrogens (tertiary/aromatic N) is 4. The van der Waals surface area contributed by atoms with Gasteiger partial charge >= 0.3 is 0 Å². The van der Waals surface area contributed by atoms with Gasteiger partial charge in [0.2, 0.25) is 0 Å². The minimum Gasteiger partial charge on any atom is -0.305 e. The number of amides is 1. The van der Waals surface area contributed by atoms with E-state index in [9.17, 15) is 4.79 Å². The van der Waals surface area contributed by atoms with Crippen LogP contribution in [-0.2, 0) is 13.1 Å². The van der Waals surface area contributed by atoms with Crippen molar-refractivity contribution in [3.8, 4) is 0 Å². The Morgan fingerprint density at radius 3 is 2.26 bits per heavy atom. The van der Waals surface area contributed by atoms with Gasteiger partial charge in [0.25, 0.3) is 5.91 Å². The number of aryl methyl sites for hydroxylation is 3. The fourth-order valence-corrected chi connectivity index (χ4v) is 3.63. The van der Waals surface area contributed by atoms with E-state index in [2.05, 4.69) is 15.5 Å². The van der Waals surface area contributed by atoms with Crippen molar-refractivity contribution < 1.29 is 4.79 Å². The molecule has 0 fully saturated rings. The number of nitrogens with one attached hydrogen (secondary N) is 1. The first-order chi connectivity index (χ1) is 14.9. The highest BCUT2D eigenvalue weighted by Gasteiger charge is 2.12. The maximum atomic E-state index is 12.8. The highest BCUT2D eigenvalue weighted by Crippen LogP contribution is 2.16. The predicted molar refractivity (Wildman–Crippen MR) is 123 cm³/mol. The molecule has 0 aliphatic heterocycles. The van der Waals surface area contributed by atoms with Crippen LogP contribution in [0.1, 0.15) is 38.6 Å². The molecule has 0 radical (unpaired) electrons. The fraction of sp³-hybridized carbons (Fsp3) is 0.208. The number of halogens is 1. The molecule has 2 aromatic heterocycles. The summed E-state index contributed by atoms with van der Waals surface area (Å²) in [5.74, 6) is 0.340.